The lowest BCUT2D eigenvalue weighted by Crippen LogP contribution is -2.31. The van der Waals surface area contributed by atoms with Crippen LogP contribution in [0.4, 0.5) is 0 Å². The Morgan fingerprint density at radius 3 is 1.09 bits per heavy atom. The van der Waals surface area contributed by atoms with Gasteiger partial charge in [0.25, 0.3) is 0 Å². The van der Waals surface area contributed by atoms with Gasteiger partial charge in [-0.2, -0.15) is 4.57 Å². The third-order valence-electron chi connectivity index (χ3n) is 16.7. The van der Waals surface area contributed by atoms with Crippen LogP contribution in [0.2, 0.25) is 0 Å². The molecule has 1 aliphatic rings. The second-order valence-electron chi connectivity index (χ2n) is 21.7. The van der Waals surface area contributed by atoms with Crippen molar-refractivity contribution in [3.63, 3.8) is 0 Å². The van der Waals surface area contributed by atoms with Gasteiger partial charge in [-0.05, 0) is 164 Å². The summed E-state index contributed by atoms with van der Waals surface area (Å²) in [4.78, 5) is 0. The second-order valence-corrected chi connectivity index (χ2v) is 21.7. The Morgan fingerprint density at radius 1 is 0.284 bits per heavy atom. The van der Waals surface area contributed by atoms with Gasteiger partial charge in [0.05, 0.1) is 18.2 Å². The SMILES string of the molecule is C[n+]1cc(-c2ccccc2-c2cc(-c3ccccc3-c3ccc(-n4c[n+](C)c5cc6c(cc54)CCC6)cc3)cc(-c3ccccc3-c3c[n+](C)c(-c4ccccc4)cc3-c3ccccc3)c2)c(-c2ccccc2)cc1-c1ccccc1. The first-order chi connectivity index (χ1) is 39.9. The van der Waals surface area contributed by atoms with E-state index in [1.807, 2.05) is 0 Å². The smallest absolute Gasteiger partial charge is 0.232 e. The molecule has 3 heterocycles. The normalized spacial score (nSPS) is 12.0. The van der Waals surface area contributed by atoms with Crippen molar-refractivity contribution in [1.29, 1.82) is 0 Å². The van der Waals surface area contributed by atoms with E-state index in [0.717, 1.165) is 62.4 Å². The van der Waals surface area contributed by atoms with E-state index in [4.69, 9.17) is 0 Å². The molecule has 0 unspecified atom stereocenters. The number of aromatic nitrogens is 4. The fourth-order valence-corrected chi connectivity index (χ4v) is 12.6. The fourth-order valence-electron chi connectivity index (χ4n) is 12.6. The molecule has 0 N–H and O–H groups in total. The van der Waals surface area contributed by atoms with Crippen molar-refractivity contribution in [1.82, 2.24) is 4.57 Å². The first-order valence-corrected chi connectivity index (χ1v) is 28.3. The van der Waals surface area contributed by atoms with E-state index in [0.29, 0.717) is 0 Å². The van der Waals surface area contributed by atoms with Crippen LogP contribution in [0.15, 0.2) is 280 Å². The summed E-state index contributed by atoms with van der Waals surface area (Å²) in [5.41, 5.74) is 29.9. The number of aryl methyl sites for hydroxylation is 5. The molecule has 4 nitrogen and oxygen atoms in total. The monoisotopic (exact) mass is 1040 g/mol. The topological polar surface area (TPSA) is 16.6 Å². The Morgan fingerprint density at radius 2 is 0.642 bits per heavy atom. The van der Waals surface area contributed by atoms with Gasteiger partial charge in [0.2, 0.25) is 17.7 Å². The zero-order chi connectivity index (χ0) is 54.4. The second kappa shape index (κ2) is 21.0. The third kappa shape index (κ3) is 9.25. The molecule has 0 bridgehead atoms. The number of fused-ring (bicyclic) bond motifs is 2. The van der Waals surface area contributed by atoms with Crippen LogP contribution in [0.25, 0.3) is 128 Å². The molecule has 10 aromatic carbocycles. The molecule has 1 aliphatic carbocycles. The van der Waals surface area contributed by atoms with Crippen molar-refractivity contribution >= 4 is 11.0 Å². The summed E-state index contributed by atoms with van der Waals surface area (Å²) < 4.78 is 9.19. The summed E-state index contributed by atoms with van der Waals surface area (Å²) in [6, 6.07) is 96.1. The van der Waals surface area contributed by atoms with Gasteiger partial charge in [-0.1, -0.05) is 182 Å². The maximum atomic E-state index is 2.43. The van der Waals surface area contributed by atoms with Gasteiger partial charge < -0.3 is 0 Å². The Balaban J connectivity index is 0.969. The van der Waals surface area contributed by atoms with Crippen molar-refractivity contribution in [2.45, 2.75) is 19.3 Å². The highest BCUT2D eigenvalue weighted by Crippen LogP contribution is 2.45. The molecule has 0 aliphatic heterocycles. The molecule has 0 amide bonds. The molecular formula is C77H61N4+3. The molecular weight excluding hydrogens is 981 g/mol. The summed E-state index contributed by atoms with van der Waals surface area (Å²) in [5, 5.41) is 0. The number of benzene rings is 10. The molecule has 4 heteroatoms. The first kappa shape index (κ1) is 49.3. The Hall–Kier alpha value is -10.0. The quantitative estimate of drug-likeness (QED) is 0.115. The van der Waals surface area contributed by atoms with Gasteiger partial charge in [-0.15, -0.1) is 0 Å². The van der Waals surface area contributed by atoms with Gasteiger partial charge in [0.1, 0.15) is 19.8 Å². The van der Waals surface area contributed by atoms with Crippen LogP contribution in [0.5, 0.6) is 0 Å². The summed E-state index contributed by atoms with van der Waals surface area (Å²) in [6.07, 6.45) is 10.4. The highest BCUT2D eigenvalue weighted by molar-refractivity contribution is 5.98. The highest BCUT2D eigenvalue weighted by atomic mass is 15.1. The Kier molecular flexibility index (Phi) is 12.8. The van der Waals surface area contributed by atoms with E-state index in [2.05, 4.69) is 319 Å². The van der Waals surface area contributed by atoms with Gasteiger partial charge in [0.15, 0.2) is 23.4 Å². The molecule has 0 saturated heterocycles. The van der Waals surface area contributed by atoms with Crippen LogP contribution in [0.3, 0.4) is 0 Å². The van der Waals surface area contributed by atoms with Crippen molar-refractivity contribution in [3.05, 3.63) is 291 Å². The van der Waals surface area contributed by atoms with Crippen LogP contribution in [-0.2, 0) is 34.0 Å². The molecule has 386 valence electrons. The number of pyridine rings is 2. The molecule has 13 aromatic rings. The van der Waals surface area contributed by atoms with Crippen molar-refractivity contribution in [3.8, 4) is 117 Å². The average molecular weight is 1040 g/mol. The average Bonchev–Trinajstić information content (AvgIpc) is 4.24. The maximum absolute atomic E-state index is 2.43. The maximum Gasteiger partial charge on any atom is 0.249 e. The van der Waals surface area contributed by atoms with Gasteiger partial charge >= 0.3 is 0 Å². The Labute approximate surface area is 475 Å². The fraction of sp³-hybridized carbons (Fsp3) is 0.0779. The number of imidazole rings is 1. The van der Waals surface area contributed by atoms with Crippen LogP contribution in [0.1, 0.15) is 17.5 Å². The lowest BCUT2D eigenvalue weighted by Gasteiger charge is -2.19. The van der Waals surface area contributed by atoms with E-state index >= 15 is 0 Å². The summed E-state index contributed by atoms with van der Waals surface area (Å²) >= 11 is 0. The lowest BCUT2D eigenvalue weighted by molar-refractivity contribution is -0.659. The van der Waals surface area contributed by atoms with Crippen LogP contribution in [0, 0.1) is 0 Å². The number of hydrogen-bond donors (Lipinski definition) is 0. The van der Waals surface area contributed by atoms with Crippen LogP contribution < -0.4 is 13.7 Å². The molecule has 0 atom stereocenters. The molecule has 0 fully saturated rings. The van der Waals surface area contributed by atoms with Crippen molar-refractivity contribution in [2.24, 2.45) is 21.1 Å². The molecule has 0 spiro atoms. The van der Waals surface area contributed by atoms with Gasteiger partial charge in [0, 0.05) is 34.4 Å². The zero-order valence-corrected chi connectivity index (χ0v) is 46.0. The largest absolute Gasteiger partial charge is 0.249 e. The van der Waals surface area contributed by atoms with E-state index < -0.39 is 0 Å². The first-order valence-electron chi connectivity index (χ1n) is 28.3. The molecule has 14 rings (SSSR count). The summed E-state index contributed by atoms with van der Waals surface area (Å²) in [6.45, 7) is 0. The molecule has 0 saturated carbocycles. The van der Waals surface area contributed by atoms with E-state index in [1.54, 1.807) is 0 Å². The summed E-state index contributed by atoms with van der Waals surface area (Å²) in [7, 11) is 6.51. The minimum absolute atomic E-state index is 1.14. The van der Waals surface area contributed by atoms with Crippen LogP contribution >= 0.6 is 0 Å². The minimum Gasteiger partial charge on any atom is -0.232 e. The molecule has 0 radical (unpaired) electrons. The van der Waals surface area contributed by atoms with E-state index in [-0.39, 0.29) is 0 Å². The lowest BCUT2D eigenvalue weighted by atomic mass is 9.84. The van der Waals surface area contributed by atoms with Crippen molar-refractivity contribution < 1.29 is 13.7 Å². The third-order valence-corrected chi connectivity index (χ3v) is 16.7. The van der Waals surface area contributed by atoms with Gasteiger partial charge in [-0.25, -0.2) is 13.7 Å². The Bertz CT molecular complexity index is 4290. The van der Waals surface area contributed by atoms with E-state index in [1.165, 1.54) is 96.2 Å². The molecule has 3 aromatic heterocycles. The standard InChI is InChI=1S/C77H61N4/c1-78-50-72(70(53-23-8-4-9-24-53)48-74(78)56-27-12-6-13-28-56)68-37-20-18-35-66(68)61-43-60(65-34-17-16-33-64(65)55-39-41-63(42-40-55)81-52-80(3)76-46-58-31-22-32-59(58)47-77(76)81)44-62(45-61)67-36-19-21-38-69(67)73-51-79(2)75(57-29-14-7-15-30-57)49-71(73)54-25-10-5-11-26-54/h4-21,23-30,33-52H,22,31-32H2,1-3H3/q+3. The van der Waals surface area contributed by atoms with E-state index in [9.17, 15) is 0 Å². The predicted molar refractivity (Wildman–Crippen MR) is 333 cm³/mol. The van der Waals surface area contributed by atoms with Gasteiger partial charge in [-0.3, -0.25) is 0 Å². The minimum atomic E-state index is 1.14. The predicted octanol–water partition coefficient (Wildman–Crippen LogP) is 17.3. The number of hydrogen-bond acceptors (Lipinski definition) is 0. The van der Waals surface area contributed by atoms with Crippen molar-refractivity contribution in [2.75, 3.05) is 0 Å². The summed E-state index contributed by atoms with van der Waals surface area (Å²) in [5.74, 6) is 0. The van der Waals surface area contributed by atoms with Crippen LogP contribution in [-0.4, -0.2) is 4.57 Å². The zero-order valence-electron chi connectivity index (χ0n) is 46.0. The highest BCUT2D eigenvalue weighted by Gasteiger charge is 2.26. The number of nitrogens with zero attached hydrogens (tertiary/aromatic N) is 4. The molecule has 81 heavy (non-hydrogen) atoms. The number of rotatable bonds is 11.